The first-order valence-corrected chi connectivity index (χ1v) is 7.66. The van der Waals surface area contributed by atoms with E-state index in [-0.39, 0.29) is 5.91 Å². The van der Waals surface area contributed by atoms with Gasteiger partial charge in [-0.2, -0.15) is 16.4 Å². The Kier molecular flexibility index (Phi) is 3.93. The van der Waals surface area contributed by atoms with Crippen LogP contribution in [0.25, 0.3) is 11.3 Å². The lowest BCUT2D eigenvalue weighted by Crippen LogP contribution is -2.12. The number of aromatic amines is 1. The summed E-state index contributed by atoms with van der Waals surface area (Å²) in [5, 5.41) is 14.1. The third-order valence-electron chi connectivity index (χ3n) is 3.31. The molecule has 1 aromatic carbocycles. The van der Waals surface area contributed by atoms with E-state index >= 15 is 0 Å². The summed E-state index contributed by atoms with van der Waals surface area (Å²) >= 11 is 1.59. The Balaban J connectivity index is 1.90. The Morgan fingerprint density at radius 1 is 1.36 bits per heavy atom. The molecule has 0 saturated carbocycles. The average molecular weight is 313 g/mol. The quantitative estimate of drug-likeness (QED) is 0.771. The molecule has 3 aromatic rings. The number of thiophene rings is 1. The zero-order valence-electron chi connectivity index (χ0n) is 12.2. The van der Waals surface area contributed by atoms with Crippen molar-refractivity contribution in [2.75, 3.05) is 12.4 Å². The molecular formula is C16H15N3O2S. The second-order valence-electron chi connectivity index (χ2n) is 4.77. The number of nitrogens with one attached hydrogen (secondary N) is 2. The minimum Gasteiger partial charge on any atom is -0.497 e. The number of H-pyrrole nitrogens is 1. The van der Waals surface area contributed by atoms with Gasteiger partial charge in [-0.15, -0.1) is 0 Å². The Morgan fingerprint density at radius 3 is 2.95 bits per heavy atom. The summed E-state index contributed by atoms with van der Waals surface area (Å²) in [7, 11) is 1.58. The molecule has 0 aliphatic heterocycles. The zero-order chi connectivity index (χ0) is 15.5. The topological polar surface area (TPSA) is 67.0 Å². The largest absolute Gasteiger partial charge is 0.497 e. The first kappa shape index (κ1) is 14.3. The van der Waals surface area contributed by atoms with Crippen LogP contribution in [-0.2, 0) is 0 Å². The third kappa shape index (κ3) is 2.73. The van der Waals surface area contributed by atoms with Crippen LogP contribution in [0.2, 0.25) is 0 Å². The number of methoxy groups -OCH3 is 1. The molecule has 0 spiro atoms. The highest BCUT2D eigenvalue weighted by Gasteiger charge is 2.16. The normalized spacial score (nSPS) is 10.5. The van der Waals surface area contributed by atoms with Gasteiger partial charge in [0.05, 0.1) is 18.5 Å². The van der Waals surface area contributed by atoms with Gasteiger partial charge in [-0.1, -0.05) is 6.07 Å². The van der Waals surface area contributed by atoms with Crippen LogP contribution >= 0.6 is 11.3 Å². The molecule has 0 fully saturated rings. The van der Waals surface area contributed by atoms with Gasteiger partial charge in [0.2, 0.25) is 0 Å². The van der Waals surface area contributed by atoms with E-state index in [4.69, 9.17) is 4.74 Å². The summed E-state index contributed by atoms with van der Waals surface area (Å²) in [5.74, 6) is 0.453. The maximum absolute atomic E-state index is 12.4. The van der Waals surface area contributed by atoms with E-state index in [9.17, 15) is 4.79 Å². The van der Waals surface area contributed by atoms with Crippen molar-refractivity contribution in [2.24, 2.45) is 0 Å². The number of rotatable bonds is 4. The van der Waals surface area contributed by atoms with Crippen molar-refractivity contribution in [3.05, 3.63) is 52.3 Å². The van der Waals surface area contributed by atoms with E-state index in [2.05, 4.69) is 15.5 Å². The fraction of sp³-hybridized carbons (Fsp3) is 0.125. The summed E-state index contributed by atoms with van der Waals surface area (Å²) < 4.78 is 5.15. The molecule has 2 aromatic heterocycles. The van der Waals surface area contributed by atoms with Crippen LogP contribution in [0.3, 0.4) is 0 Å². The van der Waals surface area contributed by atoms with Crippen molar-refractivity contribution in [3.8, 4) is 17.0 Å². The molecule has 6 heteroatoms. The van der Waals surface area contributed by atoms with Crippen LogP contribution in [-0.4, -0.2) is 23.2 Å². The van der Waals surface area contributed by atoms with Gasteiger partial charge in [-0.3, -0.25) is 9.89 Å². The lowest BCUT2D eigenvalue weighted by molar-refractivity contribution is 0.102. The number of amides is 1. The second-order valence-corrected chi connectivity index (χ2v) is 5.55. The van der Waals surface area contributed by atoms with Crippen LogP contribution in [0.15, 0.2) is 41.1 Å². The first-order chi connectivity index (χ1) is 10.7. The van der Waals surface area contributed by atoms with Gasteiger partial charge in [-0.25, -0.2) is 0 Å². The fourth-order valence-electron chi connectivity index (χ4n) is 2.14. The highest BCUT2D eigenvalue weighted by Crippen LogP contribution is 2.30. The van der Waals surface area contributed by atoms with Crippen molar-refractivity contribution in [1.82, 2.24) is 10.2 Å². The van der Waals surface area contributed by atoms with Gasteiger partial charge in [0, 0.05) is 16.5 Å². The Morgan fingerprint density at radius 2 is 2.23 bits per heavy atom. The van der Waals surface area contributed by atoms with Crippen molar-refractivity contribution in [2.45, 2.75) is 6.92 Å². The first-order valence-electron chi connectivity index (χ1n) is 6.72. The van der Waals surface area contributed by atoms with Crippen LogP contribution in [0.4, 0.5) is 5.69 Å². The molecule has 22 heavy (non-hydrogen) atoms. The summed E-state index contributed by atoms with van der Waals surface area (Å²) in [6, 6.07) is 9.01. The van der Waals surface area contributed by atoms with Crippen molar-refractivity contribution < 1.29 is 9.53 Å². The molecule has 0 aliphatic rings. The summed E-state index contributed by atoms with van der Waals surface area (Å²) in [6.45, 7) is 1.88. The van der Waals surface area contributed by atoms with E-state index in [1.807, 2.05) is 23.8 Å². The highest BCUT2D eigenvalue weighted by molar-refractivity contribution is 7.08. The molecule has 112 valence electrons. The summed E-state index contributed by atoms with van der Waals surface area (Å²) in [4.78, 5) is 12.4. The van der Waals surface area contributed by atoms with E-state index in [0.717, 1.165) is 17.0 Å². The van der Waals surface area contributed by atoms with Crippen LogP contribution in [0, 0.1) is 6.92 Å². The monoisotopic (exact) mass is 313 g/mol. The molecule has 5 nitrogen and oxygen atoms in total. The molecule has 1 amide bonds. The number of anilines is 1. The average Bonchev–Trinajstić information content (AvgIpc) is 3.18. The van der Waals surface area contributed by atoms with Gasteiger partial charge < -0.3 is 10.1 Å². The predicted octanol–water partition coefficient (Wildman–Crippen LogP) is 3.71. The highest BCUT2D eigenvalue weighted by atomic mass is 32.1. The molecule has 2 N–H and O–H groups in total. The van der Waals surface area contributed by atoms with E-state index < -0.39 is 0 Å². The van der Waals surface area contributed by atoms with Gasteiger partial charge in [0.1, 0.15) is 11.4 Å². The Bertz CT molecular complexity index is 794. The SMILES string of the molecule is COc1cccc(C(=O)Nc2c(-c3ccsc3)n[nH]c2C)c1. The summed E-state index contributed by atoms with van der Waals surface area (Å²) in [6.07, 6.45) is 0. The molecule has 0 radical (unpaired) electrons. The molecule has 0 unspecified atom stereocenters. The summed E-state index contributed by atoms with van der Waals surface area (Å²) in [5.41, 5.74) is 3.78. The number of benzene rings is 1. The Hall–Kier alpha value is -2.60. The van der Waals surface area contributed by atoms with Crippen LogP contribution < -0.4 is 10.1 Å². The van der Waals surface area contributed by atoms with Gasteiger partial charge in [0.15, 0.2) is 0 Å². The van der Waals surface area contributed by atoms with Gasteiger partial charge >= 0.3 is 0 Å². The number of ether oxygens (including phenoxy) is 1. The fourth-order valence-corrected chi connectivity index (χ4v) is 2.78. The van der Waals surface area contributed by atoms with Crippen LogP contribution in [0.1, 0.15) is 16.1 Å². The minimum absolute atomic E-state index is 0.195. The van der Waals surface area contributed by atoms with E-state index in [0.29, 0.717) is 17.0 Å². The van der Waals surface area contributed by atoms with Crippen molar-refractivity contribution in [3.63, 3.8) is 0 Å². The van der Waals surface area contributed by atoms with Gasteiger partial charge in [0.25, 0.3) is 5.91 Å². The predicted molar refractivity (Wildman–Crippen MR) is 87.6 cm³/mol. The minimum atomic E-state index is -0.195. The number of nitrogens with zero attached hydrogens (tertiary/aromatic N) is 1. The molecular weight excluding hydrogens is 298 g/mol. The lowest BCUT2D eigenvalue weighted by Gasteiger charge is -2.07. The number of aromatic nitrogens is 2. The number of hydrogen-bond acceptors (Lipinski definition) is 4. The molecule has 0 saturated heterocycles. The number of hydrogen-bond donors (Lipinski definition) is 2. The van der Waals surface area contributed by atoms with E-state index in [1.165, 1.54) is 0 Å². The molecule has 2 heterocycles. The second kappa shape index (κ2) is 6.03. The number of carbonyl (C=O) groups is 1. The molecule has 0 atom stereocenters. The zero-order valence-corrected chi connectivity index (χ0v) is 13.0. The molecule has 0 aliphatic carbocycles. The Labute approximate surface area is 132 Å². The number of aryl methyl sites for hydroxylation is 1. The van der Waals surface area contributed by atoms with Gasteiger partial charge in [-0.05, 0) is 36.6 Å². The molecule has 0 bridgehead atoms. The van der Waals surface area contributed by atoms with Crippen LogP contribution in [0.5, 0.6) is 5.75 Å². The maximum atomic E-state index is 12.4. The standard InChI is InChI=1S/C16H15N3O2S/c1-10-14(15(19-18-10)12-6-7-22-9-12)17-16(20)11-4-3-5-13(8-11)21-2/h3-9H,1-2H3,(H,17,20)(H,18,19). The van der Waals surface area contributed by atoms with E-state index in [1.54, 1.807) is 42.7 Å². The number of carbonyl (C=O) groups excluding carboxylic acids is 1. The smallest absolute Gasteiger partial charge is 0.255 e. The molecule has 3 rings (SSSR count). The lowest BCUT2D eigenvalue weighted by atomic mass is 10.1. The maximum Gasteiger partial charge on any atom is 0.255 e. The third-order valence-corrected chi connectivity index (χ3v) is 4.00. The van der Waals surface area contributed by atoms with Crippen molar-refractivity contribution in [1.29, 1.82) is 0 Å². The van der Waals surface area contributed by atoms with Crippen molar-refractivity contribution >= 4 is 22.9 Å².